The minimum absolute atomic E-state index is 0.416. The minimum atomic E-state index is -0.416. The molecule has 16 heavy (non-hydrogen) atoms. The number of rotatable bonds is 6. The molecule has 0 saturated heterocycles. The Morgan fingerprint density at radius 2 is 2.31 bits per heavy atom. The summed E-state index contributed by atoms with van der Waals surface area (Å²) in [7, 11) is 2.08. The third kappa shape index (κ3) is 3.37. The van der Waals surface area contributed by atoms with Crippen LogP contribution >= 0.6 is 23.1 Å². The molecular formula is C11H20N2OS2. The van der Waals surface area contributed by atoms with Crippen molar-refractivity contribution >= 4 is 28.2 Å². The average molecular weight is 260 g/mol. The monoisotopic (exact) mass is 260 g/mol. The summed E-state index contributed by atoms with van der Waals surface area (Å²) in [5.74, 6) is 1.11. The summed E-state index contributed by atoms with van der Waals surface area (Å²) < 4.78 is 0. The van der Waals surface area contributed by atoms with E-state index in [0.29, 0.717) is 6.04 Å². The highest BCUT2D eigenvalue weighted by molar-refractivity contribution is 7.98. The molecule has 0 aliphatic carbocycles. The summed E-state index contributed by atoms with van der Waals surface area (Å²) in [5, 5.41) is 10.5. The van der Waals surface area contributed by atoms with E-state index < -0.39 is 6.10 Å². The maximum atomic E-state index is 9.47. The highest BCUT2D eigenvalue weighted by Gasteiger charge is 2.16. The smallest absolute Gasteiger partial charge is 0.185 e. The van der Waals surface area contributed by atoms with Crippen molar-refractivity contribution in [1.29, 1.82) is 0 Å². The lowest BCUT2D eigenvalue weighted by atomic mass is 10.2. The third-order valence-electron chi connectivity index (χ3n) is 2.60. The highest BCUT2D eigenvalue weighted by atomic mass is 32.2. The molecule has 1 rings (SSSR count). The molecule has 0 bridgehead atoms. The number of hydrogen-bond donors (Lipinski definition) is 1. The van der Waals surface area contributed by atoms with Gasteiger partial charge in [-0.15, -0.1) is 0 Å². The summed E-state index contributed by atoms with van der Waals surface area (Å²) in [6.07, 6.45) is 4.59. The summed E-state index contributed by atoms with van der Waals surface area (Å²) in [4.78, 5) is 7.51. The molecular weight excluding hydrogens is 240 g/mol. The van der Waals surface area contributed by atoms with E-state index >= 15 is 0 Å². The molecule has 0 aromatic carbocycles. The Labute approximate surface area is 106 Å². The quantitative estimate of drug-likeness (QED) is 0.853. The Morgan fingerprint density at radius 1 is 1.62 bits per heavy atom. The van der Waals surface area contributed by atoms with E-state index in [9.17, 15) is 5.11 Å². The maximum Gasteiger partial charge on any atom is 0.185 e. The van der Waals surface area contributed by atoms with E-state index in [1.165, 1.54) is 0 Å². The molecule has 0 spiro atoms. The van der Waals surface area contributed by atoms with Crippen LogP contribution < -0.4 is 4.90 Å². The fourth-order valence-electron chi connectivity index (χ4n) is 1.49. The van der Waals surface area contributed by atoms with Crippen molar-refractivity contribution in [2.45, 2.75) is 32.4 Å². The summed E-state index contributed by atoms with van der Waals surface area (Å²) in [6.45, 7) is 3.97. The number of anilines is 1. The van der Waals surface area contributed by atoms with E-state index in [1.807, 2.05) is 11.8 Å². The van der Waals surface area contributed by atoms with E-state index in [4.69, 9.17) is 0 Å². The zero-order valence-electron chi connectivity index (χ0n) is 10.3. The van der Waals surface area contributed by atoms with Crippen molar-refractivity contribution in [3.8, 4) is 0 Å². The molecule has 5 heteroatoms. The molecule has 0 aliphatic rings. The van der Waals surface area contributed by atoms with Gasteiger partial charge in [-0.1, -0.05) is 18.3 Å². The molecule has 1 heterocycles. The number of aliphatic hydroxyl groups is 1. The second-order valence-electron chi connectivity index (χ2n) is 3.85. The lowest BCUT2D eigenvalue weighted by molar-refractivity contribution is 0.203. The van der Waals surface area contributed by atoms with Crippen molar-refractivity contribution in [1.82, 2.24) is 4.98 Å². The number of thiazole rings is 1. The van der Waals surface area contributed by atoms with Crippen molar-refractivity contribution in [2.75, 3.05) is 24.0 Å². The Hall–Kier alpha value is -0.260. The van der Waals surface area contributed by atoms with E-state index in [2.05, 4.69) is 30.1 Å². The lowest BCUT2D eigenvalue weighted by Crippen LogP contribution is -2.32. The third-order valence-corrected chi connectivity index (χ3v) is 4.58. The van der Waals surface area contributed by atoms with Gasteiger partial charge >= 0.3 is 0 Å². The first-order valence-corrected chi connectivity index (χ1v) is 7.66. The van der Waals surface area contributed by atoms with Crippen LogP contribution in [0.2, 0.25) is 0 Å². The van der Waals surface area contributed by atoms with Crippen molar-refractivity contribution in [3.05, 3.63) is 11.1 Å². The highest BCUT2D eigenvalue weighted by Crippen LogP contribution is 2.28. The van der Waals surface area contributed by atoms with Crippen LogP contribution in [0.1, 0.15) is 31.2 Å². The molecule has 92 valence electrons. The largest absolute Gasteiger partial charge is 0.388 e. The maximum absolute atomic E-state index is 9.47. The van der Waals surface area contributed by atoms with E-state index in [1.54, 1.807) is 24.5 Å². The predicted octanol–water partition coefficient (Wildman–Crippen LogP) is 2.77. The van der Waals surface area contributed by atoms with Crippen LogP contribution in [-0.2, 0) is 0 Å². The van der Waals surface area contributed by atoms with Gasteiger partial charge in [0.15, 0.2) is 5.13 Å². The molecule has 0 fully saturated rings. The van der Waals surface area contributed by atoms with Crippen LogP contribution in [0.5, 0.6) is 0 Å². The van der Waals surface area contributed by atoms with Crippen LogP contribution in [0.3, 0.4) is 0 Å². The number of aliphatic hydroxyl groups excluding tert-OH is 1. The normalized spacial score (nSPS) is 14.8. The fraction of sp³-hybridized carbons (Fsp3) is 0.727. The Morgan fingerprint density at radius 3 is 2.75 bits per heavy atom. The predicted molar refractivity (Wildman–Crippen MR) is 73.6 cm³/mol. The van der Waals surface area contributed by atoms with Gasteiger partial charge in [0.05, 0.1) is 11.0 Å². The molecule has 0 saturated carbocycles. The second kappa shape index (κ2) is 6.47. The van der Waals surface area contributed by atoms with Gasteiger partial charge in [-0.2, -0.15) is 11.8 Å². The van der Waals surface area contributed by atoms with Gasteiger partial charge in [-0.3, -0.25) is 0 Å². The van der Waals surface area contributed by atoms with Crippen molar-refractivity contribution in [2.24, 2.45) is 0 Å². The van der Waals surface area contributed by atoms with Crippen LogP contribution in [0.4, 0.5) is 5.13 Å². The zero-order chi connectivity index (χ0) is 12.1. The number of thioether (sulfide) groups is 1. The van der Waals surface area contributed by atoms with Gasteiger partial charge in [0.25, 0.3) is 0 Å². The molecule has 0 amide bonds. The minimum Gasteiger partial charge on any atom is -0.388 e. The average Bonchev–Trinajstić information content (AvgIpc) is 2.74. The van der Waals surface area contributed by atoms with Gasteiger partial charge in [-0.05, 0) is 19.6 Å². The summed E-state index contributed by atoms with van der Waals surface area (Å²) in [5.41, 5.74) is 0. The van der Waals surface area contributed by atoms with Gasteiger partial charge < -0.3 is 10.0 Å². The molecule has 1 aromatic heterocycles. The van der Waals surface area contributed by atoms with E-state index in [0.717, 1.165) is 22.2 Å². The molecule has 2 atom stereocenters. The van der Waals surface area contributed by atoms with Gasteiger partial charge in [0.1, 0.15) is 0 Å². The van der Waals surface area contributed by atoms with Crippen molar-refractivity contribution < 1.29 is 5.11 Å². The van der Waals surface area contributed by atoms with Crippen molar-refractivity contribution in [3.63, 3.8) is 0 Å². The standard InChI is InChI=1S/C11H20N2OS2/c1-5-9(7-15-4)13(3)11-12-6-10(16-11)8(2)14/h6,8-9,14H,5,7H2,1-4H3. The molecule has 3 nitrogen and oxygen atoms in total. The first-order chi connectivity index (χ1) is 7.60. The summed E-state index contributed by atoms with van der Waals surface area (Å²) in [6, 6.07) is 0.517. The summed E-state index contributed by atoms with van der Waals surface area (Å²) >= 11 is 3.43. The van der Waals surface area contributed by atoms with Gasteiger partial charge in [0, 0.05) is 25.0 Å². The number of hydrogen-bond acceptors (Lipinski definition) is 5. The molecule has 0 radical (unpaired) electrons. The van der Waals surface area contributed by atoms with Crippen LogP contribution in [0.25, 0.3) is 0 Å². The molecule has 1 N–H and O–H groups in total. The Kier molecular flexibility index (Phi) is 5.58. The number of nitrogens with zero attached hydrogens (tertiary/aromatic N) is 2. The van der Waals surface area contributed by atoms with E-state index in [-0.39, 0.29) is 0 Å². The topological polar surface area (TPSA) is 36.4 Å². The Bertz CT molecular complexity index is 315. The first kappa shape index (κ1) is 13.8. The Balaban J connectivity index is 2.73. The molecule has 1 aromatic rings. The molecule has 2 unspecified atom stereocenters. The lowest BCUT2D eigenvalue weighted by Gasteiger charge is -2.26. The van der Waals surface area contributed by atoms with Crippen LogP contribution in [0, 0.1) is 0 Å². The van der Waals surface area contributed by atoms with Crippen LogP contribution in [0.15, 0.2) is 6.20 Å². The van der Waals surface area contributed by atoms with Gasteiger partial charge in [0.2, 0.25) is 0 Å². The van der Waals surface area contributed by atoms with Gasteiger partial charge in [-0.25, -0.2) is 4.98 Å². The second-order valence-corrected chi connectivity index (χ2v) is 5.80. The number of aromatic nitrogens is 1. The first-order valence-electron chi connectivity index (χ1n) is 5.45. The van der Waals surface area contributed by atoms with Crippen LogP contribution in [-0.4, -0.2) is 35.2 Å². The zero-order valence-corrected chi connectivity index (χ0v) is 11.9. The SMILES string of the molecule is CCC(CSC)N(C)c1ncc(C(C)O)s1. The fourth-order valence-corrected chi connectivity index (χ4v) is 3.21. The molecule has 0 aliphatic heterocycles.